The summed E-state index contributed by atoms with van der Waals surface area (Å²) in [7, 11) is 0. The molecule has 1 aromatic rings. The lowest BCUT2D eigenvalue weighted by atomic mass is 10.0. The number of benzene rings is 1. The standard InChI is InChI=1S/C12H13N/c1-10-5-3-4-6-11(10)9-12(13-2)7-8-12/h3-6H,7-9H2,1H3. The van der Waals surface area contributed by atoms with Crippen LogP contribution in [0, 0.1) is 13.5 Å². The molecule has 1 aliphatic rings. The second-order valence-electron chi connectivity index (χ2n) is 3.94. The highest BCUT2D eigenvalue weighted by Gasteiger charge is 2.50. The summed E-state index contributed by atoms with van der Waals surface area (Å²) < 4.78 is 0. The first-order chi connectivity index (χ1) is 6.26. The zero-order chi connectivity index (χ0) is 9.31. The molecule has 66 valence electrons. The molecule has 0 aromatic heterocycles. The van der Waals surface area contributed by atoms with E-state index in [0.717, 1.165) is 19.3 Å². The van der Waals surface area contributed by atoms with Gasteiger partial charge in [-0.15, -0.1) is 0 Å². The molecular weight excluding hydrogens is 158 g/mol. The molecule has 1 aliphatic carbocycles. The van der Waals surface area contributed by atoms with Crippen molar-refractivity contribution < 1.29 is 0 Å². The largest absolute Gasteiger partial charge is 0.310 e. The van der Waals surface area contributed by atoms with Crippen LogP contribution in [0.1, 0.15) is 24.0 Å². The van der Waals surface area contributed by atoms with Crippen molar-refractivity contribution >= 4 is 0 Å². The average molecular weight is 171 g/mol. The van der Waals surface area contributed by atoms with Crippen molar-refractivity contribution in [2.24, 2.45) is 0 Å². The van der Waals surface area contributed by atoms with Crippen LogP contribution in [-0.2, 0) is 6.42 Å². The highest BCUT2D eigenvalue weighted by atomic mass is 14.9. The van der Waals surface area contributed by atoms with Crippen molar-refractivity contribution in [3.8, 4) is 0 Å². The molecule has 1 heteroatoms. The van der Waals surface area contributed by atoms with E-state index in [1.807, 2.05) is 0 Å². The molecule has 0 saturated heterocycles. The van der Waals surface area contributed by atoms with Gasteiger partial charge in [-0.2, -0.15) is 0 Å². The molecule has 1 saturated carbocycles. The summed E-state index contributed by atoms with van der Waals surface area (Å²) in [4.78, 5) is 3.72. The molecule has 1 nitrogen and oxygen atoms in total. The molecule has 0 aliphatic heterocycles. The molecule has 13 heavy (non-hydrogen) atoms. The van der Waals surface area contributed by atoms with Crippen LogP contribution in [0.4, 0.5) is 0 Å². The summed E-state index contributed by atoms with van der Waals surface area (Å²) in [5, 5.41) is 0. The lowest BCUT2D eigenvalue weighted by Crippen LogP contribution is -2.07. The first-order valence-corrected chi connectivity index (χ1v) is 4.69. The first-order valence-electron chi connectivity index (χ1n) is 4.69. The van der Waals surface area contributed by atoms with Gasteiger partial charge in [0.05, 0.1) is 6.42 Å². The molecular formula is C12H13N. The Morgan fingerprint density at radius 3 is 2.62 bits per heavy atom. The van der Waals surface area contributed by atoms with Crippen molar-refractivity contribution in [1.82, 2.24) is 0 Å². The Morgan fingerprint density at radius 2 is 2.08 bits per heavy atom. The molecule has 1 fully saturated rings. The van der Waals surface area contributed by atoms with Gasteiger partial charge in [-0.25, -0.2) is 6.57 Å². The van der Waals surface area contributed by atoms with Gasteiger partial charge in [-0.1, -0.05) is 24.3 Å². The average Bonchev–Trinajstić information content (AvgIpc) is 2.90. The van der Waals surface area contributed by atoms with Gasteiger partial charge in [0.1, 0.15) is 0 Å². The molecule has 0 radical (unpaired) electrons. The highest BCUT2D eigenvalue weighted by Crippen LogP contribution is 2.43. The minimum absolute atomic E-state index is 0.0217. The van der Waals surface area contributed by atoms with Gasteiger partial charge in [0.25, 0.3) is 0 Å². The highest BCUT2D eigenvalue weighted by molar-refractivity contribution is 5.31. The van der Waals surface area contributed by atoms with Gasteiger partial charge in [0.2, 0.25) is 5.54 Å². The van der Waals surface area contributed by atoms with Crippen molar-refractivity contribution in [3.63, 3.8) is 0 Å². The number of hydrogen-bond donors (Lipinski definition) is 0. The molecule has 0 spiro atoms. The predicted molar refractivity (Wildman–Crippen MR) is 53.5 cm³/mol. The minimum Gasteiger partial charge on any atom is -0.310 e. The van der Waals surface area contributed by atoms with Gasteiger partial charge in [0.15, 0.2) is 0 Å². The van der Waals surface area contributed by atoms with Crippen LogP contribution < -0.4 is 0 Å². The van der Waals surface area contributed by atoms with Crippen molar-refractivity contribution in [3.05, 3.63) is 46.8 Å². The Kier molecular flexibility index (Phi) is 1.84. The minimum atomic E-state index is -0.0217. The summed E-state index contributed by atoms with van der Waals surface area (Å²) in [5.41, 5.74) is 2.64. The number of rotatable bonds is 2. The quantitative estimate of drug-likeness (QED) is 0.602. The number of nitrogens with zero attached hydrogens (tertiary/aromatic N) is 1. The fourth-order valence-electron chi connectivity index (χ4n) is 1.64. The maximum absolute atomic E-state index is 7.11. The normalized spacial score (nSPS) is 17.8. The second-order valence-corrected chi connectivity index (χ2v) is 3.94. The molecule has 0 atom stereocenters. The Labute approximate surface area is 79.2 Å². The zero-order valence-electron chi connectivity index (χ0n) is 7.88. The third-order valence-corrected chi connectivity index (χ3v) is 2.85. The molecule has 0 N–H and O–H groups in total. The van der Waals surface area contributed by atoms with Crippen LogP contribution in [0.15, 0.2) is 24.3 Å². The number of hydrogen-bond acceptors (Lipinski definition) is 0. The van der Waals surface area contributed by atoms with E-state index in [4.69, 9.17) is 6.57 Å². The van der Waals surface area contributed by atoms with Crippen LogP contribution in [-0.4, -0.2) is 5.54 Å². The molecule has 0 amide bonds. The number of aryl methyl sites for hydroxylation is 1. The maximum atomic E-state index is 7.11. The van der Waals surface area contributed by atoms with E-state index in [1.54, 1.807) is 0 Å². The van der Waals surface area contributed by atoms with Gasteiger partial charge >= 0.3 is 0 Å². The molecule has 1 aromatic carbocycles. The zero-order valence-corrected chi connectivity index (χ0v) is 7.88. The van der Waals surface area contributed by atoms with Crippen LogP contribution in [0.2, 0.25) is 0 Å². The van der Waals surface area contributed by atoms with Gasteiger partial charge in [0, 0.05) is 12.8 Å². The van der Waals surface area contributed by atoms with Gasteiger partial charge < -0.3 is 4.85 Å². The lowest BCUT2D eigenvalue weighted by molar-refractivity contribution is 0.777. The van der Waals surface area contributed by atoms with Crippen molar-refractivity contribution in [2.75, 3.05) is 0 Å². The Morgan fingerprint density at radius 1 is 1.38 bits per heavy atom. The van der Waals surface area contributed by atoms with Crippen LogP contribution in [0.25, 0.3) is 4.85 Å². The summed E-state index contributed by atoms with van der Waals surface area (Å²) in [6.07, 6.45) is 3.12. The van der Waals surface area contributed by atoms with E-state index >= 15 is 0 Å². The van der Waals surface area contributed by atoms with E-state index in [2.05, 4.69) is 36.0 Å². The third kappa shape index (κ3) is 1.58. The first kappa shape index (κ1) is 8.31. The van der Waals surface area contributed by atoms with E-state index < -0.39 is 0 Å². The molecule has 0 unspecified atom stereocenters. The SMILES string of the molecule is [C-]#[N+]C1(Cc2ccccc2C)CC1. The Bertz CT molecular complexity index is 356. The Hall–Kier alpha value is -1.29. The lowest BCUT2D eigenvalue weighted by Gasteiger charge is -2.05. The van der Waals surface area contributed by atoms with Crippen LogP contribution in [0.3, 0.4) is 0 Å². The topological polar surface area (TPSA) is 4.36 Å². The summed E-state index contributed by atoms with van der Waals surface area (Å²) >= 11 is 0. The van der Waals surface area contributed by atoms with E-state index in [1.165, 1.54) is 11.1 Å². The predicted octanol–water partition coefficient (Wildman–Crippen LogP) is 2.99. The second kappa shape index (κ2) is 2.88. The smallest absolute Gasteiger partial charge is 0.237 e. The van der Waals surface area contributed by atoms with Crippen molar-refractivity contribution in [2.45, 2.75) is 31.7 Å². The van der Waals surface area contributed by atoms with Crippen molar-refractivity contribution in [1.29, 1.82) is 0 Å². The molecule has 2 rings (SSSR count). The summed E-state index contributed by atoms with van der Waals surface area (Å²) in [5.74, 6) is 0. The fraction of sp³-hybridized carbons (Fsp3) is 0.417. The van der Waals surface area contributed by atoms with Crippen LogP contribution >= 0.6 is 0 Å². The summed E-state index contributed by atoms with van der Waals surface area (Å²) in [6.45, 7) is 9.23. The Balaban J connectivity index is 2.20. The van der Waals surface area contributed by atoms with Gasteiger partial charge in [-0.05, 0) is 18.1 Å². The molecule has 0 heterocycles. The van der Waals surface area contributed by atoms with E-state index in [9.17, 15) is 0 Å². The van der Waals surface area contributed by atoms with Gasteiger partial charge in [-0.3, -0.25) is 0 Å². The fourth-order valence-corrected chi connectivity index (χ4v) is 1.64. The monoisotopic (exact) mass is 171 g/mol. The van der Waals surface area contributed by atoms with Crippen LogP contribution in [0.5, 0.6) is 0 Å². The van der Waals surface area contributed by atoms with E-state index in [-0.39, 0.29) is 5.54 Å². The van der Waals surface area contributed by atoms with E-state index in [0.29, 0.717) is 0 Å². The third-order valence-electron chi connectivity index (χ3n) is 2.85. The summed E-state index contributed by atoms with van der Waals surface area (Å²) in [6, 6.07) is 8.37. The molecule has 0 bridgehead atoms. The maximum Gasteiger partial charge on any atom is 0.237 e.